The molecule has 0 heterocycles. The number of carboxylic acid groups (broad SMARTS) is 1. The van der Waals surface area contributed by atoms with Gasteiger partial charge >= 0.3 is 5.97 Å². The van der Waals surface area contributed by atoms with Crippen molar-refractivity contribution in [3.63, 3.8) is 0 Å². The van der Waals surface area contributed by atoms with Crippen molar-refractivity contribution < 1.29 is 14.7 Å². The number of benzene rings is 1. The number of nitrogens with zero attached hydrogens (tertiary/aromatic N) is 1. The molecule has 18 heavy (non-hydrogen) atoms. The van der Waals surface area contributed by atoms with Crippen molar-refractivity contribution in [3.05, 3.63) is 34.3 Å². The fraction of sp³-hybridized carbons (Fsp3) is 0.385. The number of aliphatic carboxylic acids is 1. The van der Waals surface area contributed by atoms with Crippen LogP contribution < -0.4 is 0 Å². The van der Waals surface area contributed by atoms with E-state index >= 15 is 0 Å². The van der Waals surface area contributed by atoms with Crippen molar-refractivity contribution in [1.82, 2.24) is 4.90 Å². The Morgan fingerprint density at radius 3 is 2.39 bits per heavy atom. The fourth-order valence-corrected chi connectivity index (χ4v) is 2.33. The molecule has 5 heteroatoms. The molecule has 1 atom stereocenters. The molecule has 1 aliphatic carbocycles. The number of amides is 1. The highest BCUT2D eigenvalue weighted by molar-refractivity contribution is 9.10. The molecule has 1 N–H and O–H groups in total. The summed E-state index contributed by atoms with van der Waals surface area (Å²) in [4.78, 5) is 24.3. The van der Waals surface area contributed by atoms with Gasteiger partial charge in [0.1, 0.15) is 0 Å². The van der Waals surface area contributed by atoms with Crippen molar-refractivity contribution in [1.29, 1.82) is 0 Å². The number of hydrogen-bond donors (Lipinski definition) is 1. The van der Waals surface area contributed by atoms with E-state index in [2.05, 4.69) is 15.9 Å². The van der Waals surface area contributed by atoms with Gasteiger partial charge in [-0.15, -0.1) is 0 Å². The number of rotatable bonds is 5. The molecule has 0 spiro atoms. The Morgan fingerprint density at radius 1 is 1.44 bits per heavy atom. The Labute approximate surface area is 114 Å². The zero-order valence-electron chi connectivity index (χ0n) is 9.97. The molecule has 1 aromatic rings. The van der Waals surface area contributed by atoms with Crippen molar-refractivity contribution in [2.45, 2.75) is 31.3 Å². The summed E-state index contributed by atoms with van der Waals surface area (Å²) in [5.41, 5.74) is -0.693. The molecule has 1 amide bonds. The molecular weight excluding hydrogens is 298 g/mol. The van der Waals surface area contributed by atoms with Crippen molar-refractivity contribution in [2.75, 3.05) is 0 Å². The van der Waals surface area contributed by atoms with Crippen molar-refractivity contribution >= 4 is 28.3 Å². The summed E-state index contributed by atoms with van der Waals surface area (Å²) in [6.07, 6.45) is 2.39. The monoisotopic (exact) mass is 311 g/mol. The lowest BCUT2D eigenvalue weighted by atomic mass is 9.90. The second-order valence-corrected chi connectivity index (χ2v) is 5.54. The fourth-order valence-electron chi connectivity index (χ4n) is 2.07. The molecule has 1 fully saturated rings. The van der Waals surface area contributed by atoms with Gasteiger partial charge in [-0.1, -0.05) is 28.1 Å². The van der Waals surface area contributed by atoms with Crippen LogP contribution in [0.25, 0.3) is 0 Å². The molecule has 96 valence electrons. The van der Waals surface area contributed by atoms with E-state index in [1.807, 2.05) is 0 Å². The summed E-state index contributed by atoms with van der Waals surface area (Å²) < 4.78 is 0.878. The first-order valence-electron chi connectivity index (χ1n) is 5.73. The molecular formula is C13H14BrNO3. The summed E-state index contributed by atoms with van der Waals surface area (Å²) >= 11 is 3.31. The minimum atomic E-state index is -1.30. The average Bonchev–Trinajstić information content (AvgIpc) is 3.14. The van der Waals surface area contributed by atoms with Crippen LogP contribution in [0.5, 0.6) is 0 Å². The van der Waals surface area contributed by atoms with E-state index in [4.69, 9.17) is 0 Å². The lowest BCUT2D eigenvalue weighted by Crippen LogP contribution is -2.50. The smallest absolute Gasteiger partial charge is 0.334 e. The van der Waals surface area contributed by atoms with Gasteiger partial charge in [-0.25, -0.2) is 4.79 Å². The molecule has 2 rings (SSSR count). The highest BCUT2D eigenvalue weighted by Gasteiger charge is 2.47. The summed E-state index contributed by atoms with van der Waals surface area (Å²) in [7, 11) is 0. The summed E-state index contributed by atoms with van der Waals surface area (Å²) in [6, 6.07) is 7.08. The van der Waals surface area contributed by atoms with Gasteiger partial charge in [0.15, 0.2) is 5.54 Å². The van der Waals surface area contributed by atoms with Crippen molar-refractivity contribution in [3.8, 4) is 0 Å². The van der Waals surface area contributed by atoms with E-state index < -0.39 is 11.5 Å². The van der Waals surface area contributed by atoms with Gasteiger partial charge in [-0.05, 0) is 37.5 Å². The molecule has 0 saturated heterocycles. The Bertz CT molecular complexity index is 470. The molecule has 0 aliphatic heterocycles. The van der Waals surface area contributed by atoms with Crippen LogP contribution in [0, 0.1) is 0 Å². The summed E-state index contributed by atoms with van der Waals surface area (Å²) in [5, 5.41) is 9.52. The third kappa shape index (κ3) is 2.14. The highest BCUT2D eigenvalue weighted by atomic mass is 79.9. The van der Waals surface area contributed by atoms with Crippen molar-refractivity contribution in [2.24, 2.45) is 0 Å². The Morgan fingerprint density at radius 2 is 2.00 bits per heavy atom. The maximum atomic E-state index is 11.6. The predicted molar refractivity (Wildman–Crippen MR) is 70.1 cm³/mol. The van der Waals surface area contributed by atoms with E-state index in [9.17, 15) is 14.7 Å². The minimum absolute atomic E-state index is 0.0484. The summed E-state index contributed by atoms with van der Waals surface area (Å²) in [6.45, 7) is 1.57. The second-order valence-electron chi connectivity index (χ2n) is 4.63. The van der Waals surface area contributed by atoms with Crippen LogP contribution in [0.2, 0.25) is 0 Å². The first kappa shape index (κ1) is 13.1. The van der Waals surface area contributed by atoms with Gasteiger partial charge < -0.3 is 10.0 Å². The normalized spacial score (nSPS) is 17.9. The van der Waals surface area contributed by atoms with Crippen LogP contribution in [0.3, 0.4) is 0 Å². The molecule has 0 aromatic heterocycles. The first-order valence-corrected chi connectivity index (χ1v) is 6.52. The first-order chi connectivity index (χ1) is 8.50. The topological polar surface area (TPSA) is 57.6 Å². The predicted octanol–water partition coefficient (Wildman–Crippen LogP) is 2.37. The number of carbonyl (C=O) groups is 2. The Balaban J connectivity index is 2.45. The van der Waals surface area contributed by atoms with E-state index in [1.54, 1.807) is 31.2 Å². The van der Waals surface area contributed by atoms with Gasteiger partial charge in [0.05, 0.1) is 0 Å². The number of carbonyl (C=O) groups excluding carboxylic acids is 1. The third-order valence-electron chi connectivity index (χ3n) is 3.39. The standard InChI is InChI=1S/C13H14BrNO3/c1-13(12(17)18,15(8-16)11-6-7-11)9-2-4-10(14)5-3-9/h2-5,8,11H,6-7H2,1H3,(H,17,18). The van der Waals surface area contributed by atoms with Crippen LogP contribution in [-0.2, 0) is 15.1 Å². The van der Waals surface area contributed by atoms with E-state index in [0.717, 1.165) is 17.3 Å². The van der Waals surface area contributed by atoms with Gasteiger partial charge in [-0.2, -0.15) is 0 Å². The van der Waals surface area contributed by atoms with Gasteiger partial charge in [0, 0.05) is 10.5 Å². The Kier molecular flexibility index (Phi) is 3.43. The lowest BCUT2D eigenvalue weighted by Gasteiger charge is -2.35. The lowest BCUT2D eigenvalue weighted by molar-refractivity contribution is -0.155. The SMILES string of the molecule is CC(C(=O)O)(c1ccc(Br)cc1)N(C=O)C1CC1. The molecule has 1 unspecified atom stereocenters. The quantitative estimate of drug-likeness (QED) is 0.849. The minimum Gasteiger partial charge on any atom is -0.479 e. The van der Waals surface area contributed by atoms with E-state index in [-0.39, 0.29) is 6.04 Å². The zero-order valence-corrected chi connectivity index (χ0v) is 11.6. The number of halogens is 1. The van der Waals surface area contributed by atoms with E-state index in [1.165, 1.54) is 4.90 Å². The van der Waals surface area contributed by atoms with Crippen LogP contribution in [-0.4, -0.2) is 28.4 Å². The maximum Gasteiger partial charge on any atom is 0.334 e. The van der Waals surface area contributed by atoms with Gasteiger partial charge in [-0.3, -0.25) is 4.79 Å². The Hall–Kier alpha value is -1.36. The molecule has 0 radical (unpaired) electrons. The molecule has 4 nitrogen and oxygen atoms in total. The molecule has 1 saturated carbocycles. The van der Waals surface area contributed by atoms with Crippen LogP contribution in [0.1, 0.15) is 25.3 Å². The highest BCUT2D eigenvalue weighted by Crippen LogP contribution is 2.37. The van der Waals surface area contributed by atoms with Crippen LogP contribution >= 0.6 is 15.9 Å². The number of carboxylic acids is 1. The van der Waals surface area contributed by atoms with Gasteiger partial charge in [0.2, 0.25) is 6.41 Å². The number of hydrogen-bond acceptors (Lipinski definition) is 2. The zero-order chi connectivity index (χ0) is 13.3. The van der Waals surface area contributed by atoms with Crippen LogP contribution in [0.15, 0.2) is 28.7 Å². The summed E-state index contributed by atoms with van der Waals surface area (Å²) in [5.74, 6) is -1.01. The largest absolute Gasteiger partial charge is 0.479 e. The maximum absolute atomic E-state index is 11.6. The molecule has 1 aliphatic rings. The van der Waals surface area contributed by atoms with Crippen LogP contribution in [0.4, 0.5) is 0 Å². The second kappa shape index (κ2) is 4.72. The van der Waals surface area contributed by atoms with E-state index in [0.29, 0.717) is 12.0 Å². The molecule has 1 aromatic carbocycles. The molecule has 0 bridgehead atoms. The van der Waals surface area contributed by atoms with Gasteiger partial charge in [0.25, 0.3) is 0 Å². The third-order valence-corrected chi connectivity index (χ3v) is 3.92. The average molecular weight is 312 g/mol.